The van der Waals surface area contributed by atoms with E-state index in [0.29, 0.717) is 24.6 Å². The van der Waals surface area contributed by atoms with Crippen LogP contribution in [0.5, 0.6) is 0 Å². The number of aryl methyl sites for hydroxylation is 1. The van der Waals surface area contributed by atoms with Gasteiger partial charge in [-0.2, -0.15) is 27.5 Å². The fourth-order valence-electron chi connectivity index (χ4n) is 2.58. The molecule has 0 unspecified atom stereocenters. The van der Waals surface area contributed by atoms with Gasteiger partial charge in [-0.1, -0.05) is 5.16 Å². The normalized spacial score (nSPS) is 16.3. The Morgan fingerprint density at radius 3 is 2.09 bits per heavy atom. The third-order valence-electron chi connectivity index (χ3n) is 3.68. The van der Waals surface area contributed by atoms with Crippen LogP contribution in [0.1, 0.15) is 30.5 Å². The quantitative estimate of drug-likeness (QED) is 0.630. The van der Waals surface area contributed by atoms with Crippen molar-refractivity contribution in [1.29, 1.82) is 0 Å². The summed E-state index contributed by atoms with van der Waals surface area (Å²) in [5.41, 5.74) is -0.717. The summed E-state index contributed by atoms with van der Waals surface area (Å²) in [4.78, 5) is 7.93. The molecule has 0 aromatic carbocycles. The van der Waals surface area contributed by atoms with Crippen LogP contribution in [0.15, 0.2) is 4.52 Å². The van der Waals surface area contributed by atoms with E-state index >= 15 is 0 Å². The Morgan fingerprint density at radius 2 is 1.59 bits per heavy atom. The molecule has 3 rings (SSSR count). The summed E-state index contributed by atoms with van der Waals surface area (Å²) >= 11 is 0. The maximum Gasteiger partial charge on any atom is 0.253 e. The predicted molar refractivity (Wildman–Crippen MR) is 67.3 cm³/mol. The second-order valence-corrected chi connectivity index (χ2v) is 5.11. The highest BCUT2D eigenvalue weighted by Crippen LogP contribution is 2.33. The lowest BCUT2D eigenvalue weighted by molar-refractivity contribution is 0.325. The Kier molecular flexibility index (Phi) is 3.71. The van der Waals surface area contributed by atoms with Crippen LogP contribution in [0, 0.1) is 30.5 Å². The van der Waals surface area contributed by atoms with Crippen molar-refractivity contribution in [3.8, 4) is 0 Å². The fourth-order valence-corrected chi connectivity index (χ4v) is 2.58. The molecule has 2 aromatic rings. The topological polar surface area (TPSA) is 55.1 Å². The molecule has 0 saturated carbocycles. The average Bonchev–Trinajstić information content (AvgIpc) is 2.93. The highest BCUT2D eigenvalue weighted by molar-refractivity contribution is 5.49. The number of piperidine rings is 1. The minimum atomic E-state index is -1.65. The van der Waals surface area contributed by atoms with E-state index in [-0.39, 0.29) is 19.0 Å². The van der Waals surface area contributed by atoms with Crippen LogP contribution in [-0.4, -0.2) is 28.2 Å². The number of rotatable bonds is 2. The lowest BCUT2D eigenvalue weighted by Crippen LogP contribution is -2.35. The molecular formula is C13H12F4N4O. The molecule has 118 valence electrons. The summed E-state index contributed by atoms with van der Waals surface area (Å²) in [6, 6.07) is 0. The zero-order valence-electron chi connectivity index (χ0n) is 11.6. The number of hydrogen-bond donors (Lipinski definition) is 0. The number of aromatic nitrogens is 3. The summed E-state index contributed by atoms with van der Waals surface area (Å²) < 4.78 is 58.9. The van der Waals surface area contributed by atoms with E-state index in [1.54, 1.807) is 6.92 Å². The van der Waals surface area contributed by atoms with Crippen LogP contribution < -0.4 is 4.90 Å². The Bertz CT molecular complexity index is 671. The van der Waals surface area contributed by atoms with Crippen molar-refractivity contribution in [3.63, 3.8) is 0 Å². The zero-order valence-corrected chi connectivity index (χ0v) is 11.6. The van der Waals surface area contributed by atoms with Crippen molar-refractivity contribution >= 4 is 5.69 Å². The Hall–Kier alpha value is -2.19. The molecule has 0 spiro atoms. The van der Waals surface area contributed by atoms with Gasteiger partial charge >= 0.3 is 0 Å². The van der Waals surface area contributed by atoms with Crippen molar-refractivity contribution in [3.05, 3.63) is 35.2 Å². The standard InChI is InChI=1S/C13H12F4N4O/c1-6-18-13(22-20-6)7-2-4-21(5-3-7)10-8(14)11(16)19-12(17)9(10)15/h7H,2-5H2,1H3. The number of anilines is 1. The first kappa shape index (κ1) is 14.7. The van der Waals surface area contributed by atoms with Crippen molar-refractivity contribution in [1.82, 2.24) is 15.1 Å². The zero-order chi connectivity index (χ0) is 15.9. The lowest BCUT2D eigenvalue weighted by Gasteiger charge is -2.32. The lowest BCUT2D eigenvalue weighted by atomic mass is 9.96. The van der Waals surface area contributed by atoms with Gasteiger partial charge in [-0.25, -0.2) is 0 Å². The van der Waals surface area contributed by atoms with E-state index in [0.717, 1.165) is 0 Å². The maximum atomic E-state index is 13.7. The number of hydrogen-bond acceptors (Lipinski definition) is 5. The van der Waals surface area contributed by atoms with Gasteiger partial charge in [-0.05, 0) is 19.8 Å². The third kappa shape index (κ3) is 2.51. The van der Waals surface area contributed by atoms with E-state index in [4.69, 9.17) is 4.52 Å². The van der Waals surface area contributed by atoms with Crippen LogP contribution in [0.4, 0.5) is 23.2 Å². The molecule has 5 nitrogen and oxygen atoms in total. The highest BCUT2D eigenvalue weighted by atomic mass is 19.2. The Balaban J connectivity index is 1.80. The minimum Gasteiger partial charge on any atom is -0.366 e. The molecule has 0 aliphatic carbocycles. The van der Waals surface area contributed by atoms with Gasteiger partial charge in [0.25, 0.3) is 11.9 Å². The molecule has 1 saturated heterocycles. The molecule has 0 amide bonds. The number of pyridine rings is 1. The molecule has 1 aliphatic rings. The highest BCUT2D eigenvalue weighted by Gasteiger charge is 2.30. The number of nitrogens with zero attached hydrogens (tertiary/aromatic N) is 4. The van der Waals surface area contributed by atoms with Gasteiger partial charge in [-0.15, -0.1) is 0 Å². The first-order valence-corrected chi connectivity index (χ1v) is 6.72. The smallest absolute Gasteiger partial charge is 0.253 e. The van der Waals surface area contributed by atoms with Crippen LogP contribution in [0.25, 0.3) is 0 Å². The summed E-state index contributed by atoms with van der Waals surface area (Å²) in [6.07, 6.45) is 0.956. The molecule has 3 heterocycles. The van der Waals surface area contributed by atoms with Gasteiger partial charge in [0.2, 0.25) is 17.5 Å². The molecule has 22 heavy (non-hydrogen) atoms. The first-order valence-electron chi connectivity index (χ1n) is 6.72. The van der Waals surface area contributed by atoms with E-state index in [2.05, 4.69) is 15.1 Å². The van der Waals surface area contributed by atoms with Crippen molar-refractivity contribution in [2.75, 3.05) is 18.0 Å². The summed E-state index contributed by atoms with van der Waals surface area (Å²) in [6.45, 7) is 2.11. The van der Waals surface area contributed by atoms with Crippen molar-refractivity contribution in [2.24, 2.45) is 0 Å². The van der Waals surface area contributed by atoms with Gasteiger partial charge in [0.05, 0.1) is 0 Å². The van der Waals surface area contributed by atoms with Crippen LogP contribution in [0.2, 0.25) is 0 Å². The van der Waals surface area contributed by atoms with Gasteiger partial charge in [0, 0.05) is 19.0 Å². The minimum absolute atomic E-state index is 0.0416. The van der Waals surface area contributed by atoms with Gasteiger partial charge in [0.15, 0.2) is 5.82 Å². The summed E-state index contributed by atoms with van der Waals surface area (Å²) in [5.74, 6) is -5.33. The van der Waals surface area contributed by atoms with Crippen molar-refractivity contribution < 1.29 is 22.1 Å². The second kappa shape index (κ2) is 5.54. The summed E-state index contributed by atoms with van der Waals surface area (Å²) in [5, 5.41) is 3.69. The molecule has 2 aromatic heterocycles. The van der Waals surface area contributed by atoms with E-state index in [9.17, 15) is 17.6 Å². The van der Waals surface area contributed by atoms with E-state index < -0.39 is 29.2 Å². The van der Waals surface area contributed by atoms with Gasteiger partial charge < -0.3 is 9.42 Å². The third-order valence-corrected chi connectivity index (χ3v) is 3.68. The SMILES string of the molecule is Cc1noc(C2CCN(c3c(F)c(F)nc(F)c3F)CC2)n1. The number of halogens is 4. The van der Waals surface area contributed by atoms with Crippen molar-refractivity contribution in [2.45, 2.75) is 25.7 Å². The predicted octanol–water partition coefficient (Wildman–Crippen LogP) is 2.71. The second-order valence-electron chi connectivity index (χ2n) is 5.11. The molecule has 0 N–H and O–H groups in total. The van der Waals surface area contributed by atoms with Crippen LogP contribution >= 0.6 is 0 Å². The molecule has 0 radical (unpaired) electrons. The fraction of sp³-hybridized carbons (Fsp3) is 0.462. The van der Waals surface area contributed by atoms with Crippen LogP contribution in [0.3, 0.4) is 0 Å². The van der Waals surface area contributed by atoms with E-state index in [1.807, 2.05) is 0 Å². The monoisotopic (exact) mass is 316 g/mol. The largest absolute Gasteiger partial charge is 0.366 e. The molecule has 1 aliphatic heterocycles. The Labute approximate surface area is 122 Å². The van der Waals surface area contributed by atoms with Crippen LogP contribution in [-0.2, 0) is 0 Å². The maximum absolute atomic E-state index is 13.7. The van der Waals surface area contributed by atoms with E-state index in [1.165, 1.54) is 4.90 Å². The van der Waals surface area contributed by atoms with Gasteiger partial charge in [-0.3, -0.25) is 0 Å². The first-order chi connectivity index (χ1) is 10.5. The molecule has 0 bridgehead atoms. The molecular weight excluding hydrogens is 304 g/mol. The summed E-state index contributed by atoms with van der Waals surface area (Å²) in [7, 11) is 0. The average molecular weight is 316 g/mol. The van der Waals surface area contributed by atoms with Gasteiger partial charge in [0.1, 0.15) is 5.69 Å². The Morgan fingerprint density at radius 1 is 1.00 bits per heavy atom. The molecule has 9 heteroatoms. The molecule has 0 atom stereocenters. The molecule has 1 fully saturated rings.